The molecule has 100 valence electrons. The Morgan fingerprint density at radius 3 is 2.59 bits per heavy atom. The van der Waals surface area contributed by atoms with E-state index >= 15 is 0 Å². The molecule has 17 heavy (non-hydrogen) atoms. The van der Waals surface area contributed by atoms with Gasteiger partial charge < -0.3 is 19.9 Å². The molecule has 0 aromatic carbocycles. The van der Waals surface area contributed by atoms with Gasteiger partial charge in [-0.3, -0.25) is 0 Å². The molecule has 1 aliphatic rings. The Balaban J connectivity index is 2.50. The van der Waals surface area contributed by atoms with E-state index in [4.69, 9.17) is 4.74 Å². The van der Waals surface area contributed by atoms with E-state index in [-0.39, 0.29) is 6.03 Å². The average Bonchev–Trinajstić information content (AvgIpc) is 2.34. The van der Waals surface area contributed by atoms with Crippen LogP contribution in [0.15, 0.2) is 0 Å². The highest BCUT2D eigenvalue weighted by molar-refractivity contribution is 5.74. The lowest BCUT2D eigenvalue weighted by Crippen LogP contribution is -2.52. The molecular weight excluding hydrogens is 218 g/mol. The fourth-order valence-corrected chi connectivity index (χ4v) is 1.96. The van der Waals surface area contributed by atoms with Crippen molar-refractivity contribution in [1.82, 2.24) is 15.1 Å². The highest BCUT2D eigenvalue weighted by atomic mass is 16.5. The van der Waals surface area contributed by atoms with Gasteiger partial charge in [0.15, 0.2) is 0 Å². The van der Waals surface area contributed by atoms with Gasteiger partial charge in [0.1, 0.15) is 0 Å². The number of amides is 2. The largest absolute Gasteiger partial charge is 0.383 e. The van der Waals surface area contributed by atoms with Gasteiger partial charge in [-0.05, 0) is 5.92 Å². The minimum absolute atomic E-state index is 0.150. The summed E-state index contributed by atoms with van der Waals surface area (Å²) < 4.78 is 5.07. The first-order valence-corrected chi connectivity index (χ1v) is 6.38. The fraction of sp³-hybridized carbons (Fsp3) is 0.917. The first-order chi connectivity index (χ1) is 8.15. The van der Waals surface area contributed by atoms with Crippen LogP contribution in [0.25, 0.3) is 0 Å². The van der Waals surface area contributed by atoms with Crippen LogP contribution in [0.2, 0.25) is 0 Å². The zero-order valence-electron chi connectivity index (χ0n) is 11.2. The molecule has 0 bridgehead atoms. The number of nitrogens with zero attached hydrogens (tertiary/aromatic N) is 2. The normalized spacial score (nSPS) is 16.4. The third-order valence-corrected chi connectivity index (χ3v) is 2.81. The van der Waals surface area contributed by atoms with Gasteiger partial charge in [0, 0.05) is 46.4 Å². The Bertz CT molecular complexity index is 228. The predicted molar refractivity (Wildman–Crippen MR) is 68.1 cm³/mol. The lowest BCUT2D eigenvalue weighted by Gasteiger charge is -2.34. The summed E-state index contributed by atoms with van der Waals surface area (Å²) in [5.74, 6) is 0.485. The van der Waals surface area contributed by atoms with Crippen LogP contribution in [0.3, 0.4) is 0 Å². The quantitative estimate of drug-likeness (QED) is 0.770. The Labute approximate surface area is 104 Å². The van der Waals surface area contributed by atoms with Crippen molar-refractivity contribution in [2.75, 3.05) is 53.0 Å². The standard InChI is InChI=1S/C12H25N3O2/c1-11(2)10-15(8-9-17-3)12(16)14-6-4-13-5-7-14/h11,13H,4-10H2,1-3H3. The number of urea groups is 1. The van der Waals surface area contributed by atoms with Crippen LogP contribution < -0.4 is 5.32 Å². The number of carbonyl (C=O) groups is 1. The first-order valence-electron chi connectivity index (χ1n) is 6.38. The van der Waals surface area contributed by atoms with Crippen molar-refractivity contribution in [2.24, 2.45) is 5.92 Å². The summed E-state index contributed by atoms with van der Waals surface area (Å²) in [6.07, 6.45) is 0. The van der Waals surface area contributed by atoms with E-state index in [0.29, 0.717) is 19.1 Å². The van der Waals surface area contributed by atoms with Crippen molar-refractivity contribution >= 4 is 6.03 Å². The molecule has 1 saturated heterocycles. The minimum atomic E-state index is 0.150. The van der Waals surface area contributed by atoms with Crippen LogP contribution in [-0.4, -0.2) is 68.8 Å². The van der Waals surface area contributed by atoms with E-state index in [9.17, 15) is 4.79 Å². The predicted octanol–water partition coefficient (Wildman–Crippen LogP) is 0.616. The van der Waals surface area contributed by atoms with Crippen LogP contribution in [0, 0.1) is 5.92 Å². The van der Waals surface area contributed by atoms with Gasteiger partial charge in [-0.2, -0.15) is 0 Å². The van der Waals surface area contributed by atoms with Crippen LogP contribution in [0.4, 0.5) is 4.79 Å². The highest BCUT2D eigenvalue weighted by Gasteiger charge is 2.22. The number of piperazine rings is 1. The smallest absolute Gasteiger partial charge is 0.320 e. The maximum Gasteiger partial charge on any atom is 0.320 e. The highest BCUT2D eigenvalue weighted by Crippen LogP contribution is 2.05. The van der Waals surface area contributed by atoms with E-state index in [1.54, 1.807) is 7.11 Å². The van der Waals surface area contributed by atoms with Crippen LogP contribution in [-0.2, 0) is 4.74 Å². The van der Waals surface area contributed by atoms with Crippen molar-refractivity contribution in [3.63, 3.8) is 0 Å². The molecule has 1 fully saturated rings. The second-order valence-electron chi connectivity index (χ2n) is 4.85. The SMILES string of the molecule is COCCN(CC(C)C)C(=O)N1CCNCC1. The molecule has 0 radical (unpaired) electrons. The molecule has 1 N–H and O–H groups in total. The number of hydrogen-bond acceptors (Lipinski definition) is 3. The van der Waals surface area contributed by atoms with E-state index in [2.05, 4.69) is 19.2 Å². The Morgan fingerprint density at radius 2 is 2.06 bits per heavy atom. The third kappa shape index (κ3) is 4.91. The zero-order valence-corrected chi connectivity index (χ0v) is 11.2. The van der Waals surface area contributed by atoms with E-state index < -0.39 is 0 Å². The van der Waals surface area contributed by atoms with Crippen LogP contribution in [0.5, 0.6) is 0 Å². The summed E-state index contributed by atoms with van der Waals surface area (Å²) in [7, 11) is 1.67. The molecule has 1 rings (SSSR count). The molecular formula is C12H25N3O2. The second-order valence-corrected chi connectivity index (χ2v) is 4.85. The van der Waals surface area contributed by atoms with E-state index in [1.807, 2.05) is 9.80 Å². The van der Waals surface area contributed by atoms with E-state index in [0.717, 1.165) is 32.7 Å². The van der Waals surface area contributed by atoms with Crippen LogP contribution >= 0.6 is 0 Å². The Morgan fingerprint density at radius 1 is 1.41 bits per heavy atom. The summed E-state index contributed by atoms with van der Waals surface area (Å²) in [6, 6.07) is 0.150. The van der Waals surface area contributed by atoms with Crippen molar-refractivity contribution in [1.29, 1.82) is 0 Å². The Hall–Kier alpha value is -0.810. The number of methoxy groups -OCH3 is 1. The minimum Gasteiger partial charge on any atom is -0.383 e. The Kier molecular flexibility index (Phi) is 6.29. The summed E-state index contributed by atoms with van der Waals surface area (Å²) >= 11 is 0. The van der Waals surface area contributed by atoms with Gasteiger partial charge in [0.25, 0.3) is 0 Å². The van der Waals surface area contributed by atoms with Gasteiger partial charge >= 0.3 is 6.03 Å². The number of hydrogen-bond donors (Lipinski definition) is 1. The second kappa shape index (κ2) is 7.50. The molecule has 0 atom stereocenters. The first kappa shape index (κ1) is 14.3. The van der Waals surface area contributed by atoms with Gasteiger partial charge in [0.2, 0.25) is 0 Å². The molecule has 5 heteroatoms. The summed E-state index contributed by atoms with van der Waals surface area (Å²) in [5.41, 5.74) is 0. The number of rotatable bonds is 5. The number of carbonyl (C=O) groups excluding carboxylic acids is 1. The molecule has 2 amide bonds. The van der Waals surface area contributed by atoms with Crippen molar-refractivity contribution < 1.29 is 9.53 Å². The van der Waals surface area contributed by atoms with Crippen molar-refractivity contribution in [3.05, 3.63) is 0 Å². The van der Waals surface area contributed by atoms with Gasteiger partial charge in [-0.25, -0.2) is 4.79 Å². The number of nitrogens with one attached hydrogen (secondary N) is 1. The summed E-state index contributed by atoms with van der Waals surface area (Å²) in [6.45, 7) is 9.74. The van der Waals surface area contributed by atoms with Crippen LogP contribution in [0.1, 0.15) is 13.8 Å². The summed E-state index contributed by atoms with van der Waals surface area (Å²) in [5, 5.41) is 3.26. The molecule has 1 aliphatic heterocycles. The lowest BCUT2D eigenvalue weighted by molar-refractivity contribution is 0.116. The molecule has 0 aliphatic carbocycles. The number of ether oxygens (including phenoxy) is 1. The molecule has 0 spiro atoms. The molecule has 0 aromatic heterocycles. The molecule has 1 heterocycles. The maximum atomic E-state index is 12.3. The fourth-order valence-electron chi connectivity index (χ4n) is 1.96. The van der Waals surface area contributed by atoms with Gasteiger partial charge in [-0.1, -0.05) is 13.8 Å². The lowest BCUT2D eigenvalue weighted by atomic mass is 10.2. The third-order valence-electron chi connectivity index (χ3n) is 2.81. The average molecular weight is 243 g/mol. The van der Waals surface area contributed by atoms with Crippen molar-refractivity contribution in [3.8, 4) is 0 Å². The van der Waals surface area contributed by atoms with Crippen molar-refractivity contribution in [2.45, 2.75) is 13.8 Å². The van der Waals surface area contributed by atoms with E-state index in [1.165, 1.54) is 0 Å². The topological polar surface area (TPSA) is 44.8 Å². The van der Waals surface area contributed by atoms with Gasteiger partial charge in [0.05, 0.1) is 6.61 Å². The van der Waals surface area contributed by atoms with Gasteiger partial charge in [-0.15, -0.1) is 0 Å². The molecule has 0 unspecified atom stereocenters. The molecule has 0 saturated carbocycles. The molecule has 5 nitrogen and oxygen atoms in total. The molecule has 0 aromatic rings. The summed E-state index contributed by atoms with van der Waals surface area (Å²) in [4.78, 5) is 16.1. The monoisotopic (exact) mass is 243 g/mol. The zero-order chi connectivity index (χ0) is 12.7. The maximum absolute atomic E-state index is 12.3.